The Hall–Kier alpha value is -1.25. The van der Waals surface area contributed by atoms with Crippen molar-refractivity contribution in [2.75, 3.05) is 12.8 Å². The van der Waals surface area contributed by atoms with Gasteiger partial charge in [-0.05, 0) is 12.1 Å². The quantitative estimate of drug-likeness (QED) is 0.659. The third-order valence-electron chi connectivity index (χ3n) is 1.19. The van der Waals surface area contributed by atoms with Crippen LogP contribution in [0.1, 0.15) is 13.8 Å². The third kappa shape index (κ3) is 2.78. The fraction of sp³-hybridized carbons (Fsp3) is 0.333. The van der Waals surface area contributed by atoms with Crippen molar-refractivity contribution < 1.29 is 9.13 Å². The van der Waals surface area contributed by atoms with E-state index in [1.54, 1.807) is 0 Å². The van der Waals surface area contributed by atoms with Gasteiger partial charge < -0.3 is 10.5 Å². The molecule has 0 aliphatic heterocycles. The van der Waals surface area contributed by atoms with Gasteiger partial charge in [0.05, 0.1) is 12.8 Å². The number of hydrogen-bond acceptors (Lipinski definition) is 2. The van der Waals surface area contributed by atoms with Crippen LogP contribution in [0.4, 0.5) is 10.1 Å². The number of halogens is 1. The molecule has 0 aromatic heterocycles. The van der Waals surface area contributed by atoms with Crippen LogP contribution < -0.4 is 10.5 Å². The monoisotopic (exact) mass is 171 g/mol. The predicted molar refractivity (Wildman–Crippen MR) is 48.7 cm³/mol. The molecule has 1 rings (SSSR count). The molecular formula is C9H14FNO. The molecule has 0 unspecified atom stereocenters. The summed E-state index contributed by atoms with van der Waals surface area (Å²) in [6.07, 6.45) is 0. The number of benzene rings is 1. The van der Waals surface area contributed by atoms with Crippen LogP contribution in [0.5, 0.6) is 5.75 Å². The highest BCUT2D eigenvalue weighted by atomic mass is 19.1. The van der Waals surface area contributed by atoms with Crippen molar-refractivity contribution in [1.29, 1.82) is 0 Å². The van der Waals surface area contributed by atoms with Crippen LogP contribution >= 0.6 is 0 Å². The number of ether oxygens (including phenoxy) is 1. The van der Waals surface area contributed by atoms with Crippen LogP contribution in [0.25, 0.3) is 0 Å². The van der Waals surface area contributed by atoms with E-state index < -0.39 is 0 Å². The van der Waals surface area contributed by atoms with Gasteiger partial charge in [0.1, 0.15) is 11.6 Å². The molecule has 0 bridgehead atoms. The maximum absolute atomic E-state index is 12.3. The molecule has 0 fully saturated rings. The first-order valence-corrected chi connectivity index (χ1v) is 3.83. The van der Waals surface area contributed by atoms with Gasteiger partial charge >= 0.3 is 0 Å². The van der Waals surface area contributed by atoms with E-state index in [9.17, 15) is 4.39 Å². The average molecular weight is 171 g/mol. The Labute approximate surface area is 72.2 Å². The number of anilines is 1. The van der Waals surface area contributed by atoms with Crippen molar-refractivity contribution in [2.45, 2.75) is 13.8 Å². The molecule has 1 aromatic carbocycles. The summed E-state index contributed by atoms with van der Waals surface area (Å²) in [6, 6.07) is 4.01. The van der Waals surface area contributed by atoms with Crippen LogP contribution in [0.3, 0.4) is 0 Å². The summed E-state index contributed by atoms with van der Waals surface area (Å²) in [5.41, 5.74) is 5.69. The number of rotatable bonds is 1. The Morgan fingerprint density at radius 3 is 2.33 bits per heavy atom. The molecule has 68 valence electrons. The van der Waals surface area contributed by atoms with E-state index in [1.807, 2.05) is 13.8 Å². The molecule has 0 aliphatic carbocycles. The maximum Gasteiger partial charge on any atom is 0.141 e. The molecule has 0 atom stereocenters. The topological polar surface area (TPSA) is 35.2 Å². The lowest BCUT2D eigenvalue weighted by Crippen LogP contribution is -1.92. The zero-order valence-electron chi connectivity index (χ0n) is 7.60. The summed E-state index contributed by atoms with van der Waals surface area (Å²) in [6.45, 7) is 4.00. The molecule has 12 heavy (non-hydrogen) atoms. The second-order valence-corrected chi connectivity index (χ2v) is 1.89. The molecule has 3 heteroatoms. The zero-order chi connectivity index (χ0) is 9.56. The first-order valence-electron chi connectivity index (χ1n) is 3.83. The molecule has 0 saturated heterocycles. The van der Waals surface area contributed by atoms with Gasteiger partial charge in [0.15, 0.2) is 0 Å². The average Bonchev–Trinajstić information content (AvgIpc) is 2.08. The summed E-state index contributed by atoms with van der Waals surface area (Å²) in [5, 5.41) is 0. The van der Waals surface area contributed by atoms with E-state index in [4.69, 9.17) is 10.5 Å². The summed E-state index contributed by atoms with van der Waals surface area (Å²) >= 11 is 0. The third-order valence-corrected chi connectivity index (χ3v) is 1.19. The van der Waals surface area contributed by atoms with Gasteiger partial charge in [0.25, 0.3) is 0 Å². The molecule has 0 amide bonds. The largest absolute Gasteiger partial charge is 0.495 e. The number of methoxy groups -OCH3 is 1. The summed E-state index contributed by atoms with van der Waals surface area (Å²) in [5.74, 6) is 0.153. The SMILES string of the molecule is CC.COc1ccc(F)cc1N. The van der Waals surface area contributed by atoms with Crippen LogP contribution in [-0.2, 0) is 0 Å². The van der Waals surface area contributed by atoms with E-state index >= 15 is 0 Å². The van der Waals surface area contributed by atoms with Gasteiger partial charge in [-0.25, -0.2) is 4.39 Å². The van der Waals surface area contributed by atoms with E-state index in [0.717, 1.165) is 0 Å². The van der Waals surface area contributed by atoms with Crippen molar-refractivity contribution in [3.63, 3.8) is 0 Å². The van der Waals surface area contributed by atoms with Gasteiger partial charge in [0.2, 0.25) is 0 Å². The van der Waals surface area contributed by atoms with Gasteiger partial charge in [-0.1, -0.05) is 13.8 Å². The van der Waals surface area contributed by atoms with Crippen molar-refractivity contribution in [3.05, 3.63) is 24.0 Å². The lowest BCUT2D eigenvalue weighted by atomic mass is 10.3. The van der Waals surface area contributed by atoms with Crippen LogP contribution in [-0.4, -0.2) is 7.11 Å². The molecule has 0 spiro atoms. The minimum absolute atomic E-state index is 0.322. The Kier molecular flexibility index (Phi) is 4.84. The van der Waals surface area contributed by atoms with Gasteiger partial charge in [-0.3, -0.25) is 0 Å². The highest BCUT2D eigenvalue weighted by Crippen LogP contribution is 2.20. The van der Waals surface area contributed by atoms with Gasteiger partial charge in [-0.15, -0.1) is 0 Å². The Morgan fingerprint density at radius 1 is 1.33 bits per heavy atom. The van der Waals surface area contributed by atoms with E-state index in [0.29, 0.717) is 11.4 Å². The molecule has 0 aliphatic rings. The summed E-state index contributed by atoms with van der Waals surface area (Å²) in [4.78, 5) is 0. The fourth-order valence-corrected chi connectivity index (χ4v) is 0.705. The molecule has 0 radical (unpaired) electrons. The summed E-state index contributed by atoms with van der Waals surface area (Å²) < 4.78 is 17.2. The first kappa shape index (κ1) is 10.8. The summed E-state index contributed by atoms with van der Waals surface area (Å²) in [7, 11) is 1.49. The number of nitrogens with two attached hydrogens (primary N) is 1. The standard InChI is InChI=1S/C7H8FNO.C2H6/c1-10-7-3-2-5(8)4-6(7)9;1-2/h2-4H,9H2,1H3;1-2H3. The van der Waals surface area contributed by atoms with Crippen molar-refractivity contribution in [2.24, 2.45) is 0 Å². The zero-order valence-corrected chi connectivity index (χ0v) is 7.60. The number of hydrogen-bond donors (Lipinski definition) is 1. The van der Waals surface area contributed by atoms with Crippen LogP contribution in [0, 0.1) is 5.82 Å². The Balaban J connectivity index is 0.000000561. The van der Waals surface area contributed by atoms with Crippen molar-refractivity contribution in [3.8, 4) is 5.75 Å². The molecule has 0 heterocycles. The van der Waals surface area contributed by atoms with E-state index in [-0.39, 0.29) is 5.82 Å². The molecule has 2 N–H and O–H groups in total. The second kappa shape index (κ2) is 5.41. The van der Waals surface area contributed by atoms with Crippen molar-refractivity contribution in [1.82, 2.24) is 0 Å². The fourth-order valence-electron chi connectivity index (χ4n) is 0.705. The smallest absolute Gasteiger partial charge is 0.141 e. The minimum atomic E-state index is -0.349. The lowest BCUT2D eigenvalue weighted by molar-refractivity contribution is 0.416. The van der Waals surface area contributed by atoms with Gasteiger partial charge in [0, 0.05) is 6.07 Å². The van der Waals surface area contributed by atoms with Crippen molar-refractivity contribution >= 4 is 5.69 Å². The lowest BCUT2D eigenvalue weighted by Gasteiger charge is -2.01. The van der Waals surface area contributed by atoms with E-state index in [1.165, 1.54) is 25.3 Å². The molecule has 1 aromatic rings. The normalized spacial score (nSPS) is 8.33. The maximum atomic E-state index is 12.3. The number of nitrogen functional groups attached to an aromatic ring is 1. The van der Waals surface area contributed by atoms with Gasteiger partial charge in [-0.2, -0.15) is 0 Å². The van der Waals surface area contributed by atoms with E-state index in [2.05, 4.69) is 0 Å². The highest BCUT2D eigenvalue weighted by Gasteiger charge is 1.97. The minimum Gasteiger partial charge on any atom is -0.495 e. The molecular weight excluding hydrogens is 157 g/mol. The predicted octanol–water partition coefficient (Wildman–Crippen LogP) is 2.44. The van der Waals surface area contributed by atoms with Crippen LogP contribution in [0.15, 0.2) is 18.2 Å². The highest BCUT2D eigenvalue weighted by molar-refractivity contribution is 5.52. The second-order valence-electron chi connectivity index (χ2n) is 1.89. The Bertz CT molecular complexity index is 238. The molecule has 2 nitrogen and oxygen atoms in total. The molecule has 0 saturated carbocycles. The first-order chi connectivity index (χ1) is 5.74. The van der Waals surface area contributed by atoms with Crippen LogP contribution in [0.2, 0.25) is 0 Å². The Morgan fingerprint density at radius 2 is 1.92 bits per heavy atom.